The molecule has 0 radical (unpaired) electrons. The summed E-state index contributed by atoms with van der Waals surface area (Å²) in [7, 11) is 0. The number of nitro benzene ring substituents is 1. The van der Waals surface area contributed by atoms with E-state index >= 15 is 0 Å². The molecule has 1 N–H and O–H groups in total. The Balaban J connectivity index is 2.15. The summed E-state index contributed by atoms with van der Waals surface area (Å²) >= 11 is 0. The normalized spacial score (nSPS) is 25.2. The topological polar surface area (TPSA) is 55.2 Å². The first-order chi connectivity index (χ1) is 9.30. The van der Waals surface area contributed by atoms with E-state index in [0.29, 0.717) is 17.4 Å². The van der Waals surface area contributed by atoms with Crippen LogP contribution in [0.2, 0.25) is 0 Å². The Morgan fingerprint density at radius 2 is 2.10 bits per heavy atom. The lowest BCUT2D eigenvalue weighted by molar-refractivity contribution is -0.385. The monoisotopic (exact) mass is 276 g/mol. The molecule has 110 valence electrons. The van der Waals surface area contributed by atoms with Gasteiger partial charge in [0.2, 0.25) is 0 Å². The fraction of sp³-hybridized carbons (Fsp3) is 0.625. The van der Waals surface area contributed by atoms with Crippen molar-refractivity contribution in [3.63, 3.8) is 0 Å². The number of nitrogens with one attached hydrogen (secondary N) is 1. The van der Waals surface area contributed by atoms with Crippen molar-refractivity contribution in [3.05, 3.63) is 33.9 Å². The van der Waals surface area contributed by atoms with Gasteiger partial charge in [0.05, 0.1) is 4.92 Å². The fourth-order valence-corrected chi connectivity index (χ4v) is 3.34. The van der Waals surface area contributed by atoms with Crippen LogP contribution in [0.5, 0.6) is 0 Å². The van der Waals surface area contributed by atoms with Gasteiger partial charge in [0, 0.05) is 23.4 Å². The van der Waals surface area contributed by atoms with Gasteiger partial charge in [-0.3, -0.25) is 10.1 Å². The summed E-state index contributed by atoms with van der Waals surface area (Å²) in [6.07, 6.45) is 3.51. The second-order valence-electron chi connectivity index (χ2n) is 6.84. The van der Waals surface area contributed by atoms with Gasteiger partial charge < -0.3 is 5.32 Å². The van der Waals surface area contributed by atoms with Crippen molar-refractivity contribution in [3.8, 4) is 0 Å². The van der Waals surface area contributed by atoms with E-state index in [1.165, 1.54) is 12.8 Å². The number of nitro groups is 1. The second kappa shape index (κ2) is 5.43. The van der Waals surface area contributed by atoms with E-state index in [1.807, 2.05) is 13.0 Å². The molecule has 1 fully saturated rings. The van der Waals surface area contributed by atoms with Gasteiger partial charge in [-0.15, -0.1) is 0 Å². The van der Waals surface area contributed by atoms with Crippen molar-refractivity contribution in [2.75, 3.05) is 5.32 Å². The first kappa shape index (κ1) is 14.8. The molecule has 2 rings (SSSR count). The van der Waals surface area contributed by atoms with Crippen LogP contribution in [0.1, 0.15) is 45.6 Å². The minimum atomic E-state index is -0.312. The van der Waals surface area contributed by atoms with Crippen LogP contribution in [0.25, 0.3) is 0 Å². The van der Waals surface area contributed by atoms with Crippen LogP contribution < -0.4 is 5.32 Å². The van der Waals surface area contributed by atoms with E-state index in [0.717, 1.165) is 17.7 Å². The predicted octanol–water partition coefficient (Wildman–Crippen LogP) is 4.53. The summed E-state index contributed by atoms with van der Waals surface area (Å²) in [5.74, 6) is 0.581. The van der Waals surface area contributed by atoms with Gasteiger partial charge in [-0.1, -0.05) is 26.8 Å². The van der Waals surface area contributed by atoms with Crippen molar-refractivity contribution < 1.29 is 4.92 Å². The first-order valence-corrected chi connectivity index (χ1v) is 7.31. The highest BCUT2D eigenvalue weighted by molar-refractivity contribution is 5.60. The largest absolute Gasteiger partial charge is 0.382 e. The van der Waals surface area contributed by atoms with Gasteiger partial charge in [0.25, 0.3) is 5.69 Å². The Morgan fingerprint density at radius 3 is 2.70 bits per heavy atom. The third-order valence-corrected chi connectivity index (χ3v) is 4.54. The van der Waals surface area contributed by atoms with Gasteiger partial charge in [-0.25, -0.2) is 0 Å². The molecule has 0 bridgehead atoms. The van der Waals surface area contributed by atoms with Crippen molar-refractivity contribution in [1.82, 2.24) is 0 Å². The number of nitrogens with zero attached hydrogens (tertiary/aromatic N) is 1. The van der Waals surface area contributed by atoms with Crippen LogP contribution in [0.3, 0.4) is 0 Å². The van der Waals surface area contributed by atoms with E-state index in [-0.39, 0.29) is 10.6 Å². The molecule has 0 aromatic heterocycles. The molecule has 1 aromatic carbocycles. The highest BCUT2D eigenvalue weighted by Crippen LogP contribution is 2.40. The summed E-state index contributed by atoms with van der Waals surface area (Å²) < 4.78 is 0. The highest BCUT2D eigenvalue weighted by Gasteiger charge is 2.32. The molecule has 1 aliphatic rings. The van der Waals surface area contributed by atoms with Crippen LogP contribution in [-0.4, -0.2) is 11.0 Å². The van der Waals surface area contributed by atoms with E-state index < -0.39 is 0 Å². The van der Waals surface area contributed by atoms with Crippen LogP contribution in [0.4, 0.5) is 11.4 Å². The summed E-state index contributed by atoms with van der Waals surface area (Å²) in [6, 6.07) is 5.66. The molecular weight excluding hydrogens is 252 g/mol. The number of anilines is 1. The Labute approximate surface area is 120 Å². The summed E-state index contributed by atoms with van der Waals surface area (Å²) in [4.78, 5) is 10.7. The van der Waals surface area contributed by atoms with E-state index in [9.17, 15) is 10.1 Å². The van der Waals surface area contributed by atoms with Crippen LogP contribution in [0.15, 0.2) is 18.2 Å². The maximum Gasteiger partial charge on any atom is 0.274 e. The van der Waals surface area contributed by atoms with Gasteiger partial charge in [0.1, 0.15) is 0 Å². The Morgan fingerprint density at radius 1 is 1.40 bits per heavy atom. The van der Waals surface area contributed by atoms with Crippen molar-refractivity contribution in [2.45, 2.75) is 53.0 Å². The molecule has 20 heavy (non-hydrogen) atoms. The van der Waals surface area contributed by atoms with Gasteiger partial charge in [-0.2, -0.15) is 0 Å². The van der Waals surface area contributed by atoms with E-state index in [2.05, 4.69) is 26.1 Å². The lowest BCUT2D eigenvalue weighted by Gasteiger charge is -2.40. The molecule has 1 aliphatic carbocycles. The Bertz CT molecular complexity index is 511. The van der Waals surface area contributed by atoms with Crippen LogP contribution >= 0.6 is 0 Å². The molecule has 1 aromatic rings. The SMILES string of the molecule is Cc1c(NC2CCC(C)(C)CC2C)cccc1[N+](=O)[O-]. The molecule has 0 amide bonds. The molecular formula is C16H24N2O2. The maximum absolute atomic E-state index is 11.0. The lowest BCUT2D eigenvalue weighted by atomic mass is 9.70. The molecule has 4 nitrogen and oxygen atoms in total. The summed E-state index contributed by atoms with van der Waals surface area (Å²) in [5.41, 5.74) is 2.24. The smallest absolute Gasteiger partial charge is 0.274 e. The third-order valence-electron chi connectivity index (χ3n) is 4.54. The molecule has 0 spiro atoms. The van der Waals surface area contributed by atoms with Crippen LogP contribution in [0, 0.1) is 28.4 Å². The average Bonchev–Trinajstić information content (AvgIpc) is 2.34. The van der Waals surface area contributed by atoms with Gasteiger partial charge in [0.15, 0.2) is 0 Å². The second-order valence-corrected chi connectivity index (χ2v) is 6.84. The quantitative estimate of drug-likeness (QED) is 0.652. The van der Waals surface area contributed by atoms with Crippen LogP contribution in [-0.2, 0) is 0 Å². The Kier molecular flexibility index (Phi) is 4.02. The maximum atomic E-state index is 11.0. The minimum Gasteiger partial charge on any atom is -0.382 e. The fourth-order valence-electron chi connectivity index (χ4n) is 3.34. The molecule has 1 saturated carbocycles. The van der Waals surface area contributed by atoms with Gasteiger partial charge >= 0.3 is 0 Å². The first-order valence-electron chi connectivity index (χ1n) is 7.31. The molecule has 0 aliphatic heterocycles. The molecule has 4 heteroatoms. The predicted molar refractivity (Wildman–Crippen MR) is 82.0 cm³/mol. The molecule has 0 saturated heterocycles. The average molecular weight is 276 g/mol. The lowest BCUT2D eigenvalue weighted by Crippen LogP contribution is -2.37. The zero-order valence-corrected chi connectivity index (χ0v) is 12.8. The molecule has 0 heterocycles. The van der Waals surface area contributed by atoms with Crippen molar-refractivity contribution in [2.24, 2.45) is 11.3 Å². The molecule has 2 unspecified atom stereocenters. The standard InChI is InChI=1S/C16H24N2O2/c1-11-10-16(3,4)9-8-13(11)17-14-6-5-7-15(12(14)2)18(19)20/h5-7,11,13,17H,8-10H2,1-4H3. The van der Waals surface area contributed by atoms with E-state index in [4.69, 9.17) is 0 Å². The molecule has 2 atom stereocenters. The number of rotatable bonds is 3. The zero-order valence-electron chi connectivity index (χ0n) is 12.8. The van der Waals surface area contributed by atoms with Crippen molar-refractivity contribution >= 4 is 11.4 Å². The summed E-state index contributed by atoms with van der Waals surface area (Å²) in [6.45, 7) is 8.72. The van der Waals surface area contributed by atoms with E-state index in [1.54, 1.807) is 12.1 Å². The highest BCUT2D eigenvalue weighted by atomic mass is 16.6. The Hall–Kier alpha value is -1.58. The van der Waals surface area contributed by atoms with Crippen molar-refractivity contribution in [1.29, 1.82) is 0 Å². The van der Waals surface area contributed by atoms with Gasteiger partial charge in [-0.05, 0) is 43.6 Å². The number of hydrogen-bond acceptors (Lipinski definition) is 3. The third kappa shape index (κ3) is 3.11. The number of hydrogen-bond donors (Lipinski definition) is 1. The summed E-state index contributed by atoms with van der Waals surface area (Å²) in [5, 5.41) is 14.5. The minimum absolute atomic E-state index is 0.193. The number of benzene rings is 1. The zero-order chi connectivity index (χ0) is 14.9.